The van der Waals surface area contributed by atoms with Crippen LogP contribution in [0, 0.1) is 40.9 Å². The fraction of sp³-hybridized carbons (Fsp3) is 0.947. The predicted molar refractivity (Wildman–Crippen MR) is 175 cm³/mol. The first-order valence-corrected chi connectivity index (χ1v) is 18.0. The maximum atomic E-state index is 4.03. The molecular formula is C38H74. The summed E-state index contributed by atoms with van der Waals surface area (Å²) in [7, 11) is 0. The minimum absolute atomic E-state index is 0.680. The van der Waals surface area contributed by atoms with Crippen LogP contribution in [0.15, 0.2) is 12.7 Å². The van der Waals surface area contributed by atoms with Crippen molar-refractivity contribution in [3.8, 4) is 0 Å². The third-order valence-corrected chi connectivity index (χ3v) is 11.0. The molecule has 1 saturated carbocycles. The smallest absolute Gasteiger partial charge is 0.0289 e. The standard InChI is InChI=1S/C38H74/c1-9-14-24-34-30-38(31-34,28-16-11-3)29-21-17-18-26-35(13-5)37(22-12-4)36(25-15-10-2)27-20-19-23-33(8)32(6)7/h11,32-37H,3,9-10,12-31H2,1-2,4-8H3. The van der Waals surface area contributed by atoms with E-state index in [2.05, 4.69) is 61.1 Å². The first kappa shape index (κ1) is 35.8. The van der Waals surface area contributed by atoms with Gasteiger partial charge in [-0.3, -0.25) is 0 Å². The average Bonchev–Trinajstić information content (AvgIpc) is 2.89. The van der Waals surface area contributed by atoms with Crippen LogP contribution in [0.2, 0.25) is 0 Å². The molecule has 0 aromatic rings. The Labute approximate surface area is 243 Å². The molecule has 0 N–H and O–H groups in total. The Kier molecular flexibility index (Phi) is 20.2. The maximum absolute atomic E-state index is 4.03. The topological polar surface area (TPSA) is 0 Å². The van der Waals surface area contributed by atoms with Gasteiger partial charge in [0.05, 0.1) is 0 Å². The van der Waals surface area contributed by atoms with Gasteiger partial charge in [-0.15, -0.1) is 6.58 Å². The fourth-order valence-electron chi connectivity index (χ4n) is 8.04. The summed E-state index contributed by atoms with van der Waals surface area (Å²) in [5.74, 6) is 5.68. The molecule has 0 saturated heterocycles. The Hall–Kier alpha value is -0.260. The third kappa shape index (κ3) is 13.9. The predicted octanol–water partition coefficient (Wildman–Crippen LogP) is 13.6. The molecule has 0 spiro atoms. The van der Waals surface area contributed by atoms with Crippen molar-refractivity contribution in [1.82, 2.24) is 0 Å². The van der Waals surface area contributed by atoms with Crippen LogP contribution in [0.3, 0.4) is 0 Å². The first-order valence-electron chi connectivity index (χ1n) is 18.0. The van der Waals surface area contributed by atoms with E-state index in [0.29, 0.717) is 5.41 Å². The molecule has 0 aliphatic heterocycles. The number of hydrogen-bond acceptors (Lipinski definition) is 0. The highest BCUT2D eigenvalue weighted by atomic mass is 14.5. The van der Waals surface area contributed by atoms with Crippen molar-refractivity contribution in [3.63, 3.8) is 0 Å². The second kappa shape index (κ2) is 21.5. The van der Waals surface area contributed by atoms with E-state index in [-0.39, 0.29) is 0 Å². The van der Waals surface area contributed by atoms with Gasteiger partial charge in [-0.2, -0.15) is 0 Å². The summed E-state index contributed by atoms with van der Waals surface area (Å²) in [5, 5.41) is 0. The van der Waals surface area contributed by atoms with Crippen molar-refractivity contribution in [2.75, 3.05) is 0 Å². The lowest BCUT2D eigenvalue weighted by Crippen LogP contribution is -2.37. The summed E-state index contributed by atoms with van der Waals surface area (Å²) >= 11 is 0. The second-order valence-corrected chi connectivity index (χ2v) is 14.4. The summed E-state index contributed by atoms with van der Waals surface area (Å²) < 4.78 is 0. The Morgan fingerprint density at radius 3 is 1.92 bits per heavy atom. The Balaban J connectivity index is 2.57. The van der Waals surface area contributed by atoms with Gasteiger partial charge in [0.1, 0.15) is 0 Å². The normalized spacial score (nSPS) is 22.7. The van der Waals surface area contributed by atoms with E-state index < -0.39 is 0 Å². The first-order chi connectivity index (χ1) is 18.4. The van der Waals surface area contributed by atoms with Crippen LogP contribution in [-0.2, 0) is 0 Å². The highest BCUT2D eigenvalue weighted by Crippen LogP contribution is 2.54. The molecule has 0 aromatic carbocycles. The van der Waals surface area contributed by atoms with E-state index >= 15 is 0 Å². The van der Waals surface area contributed by atoms with Gasteiger partial charge in [0.15, 0.2) is 0 Å². The number of unbranched alkanes of at least 4 members (excludes halogenated alkanes) is 5. The van der Waals surface area contributed by atoms with Crippen LogP contribution in [-0.4, -0.2) is 0 Å². The lowest BCUT2D eigenvalue weighted by molar-refractivity contribution is 0.0273. The molecule has 0 radical (unpaired) electrons. The molecule has 0 amide bonds. The fourth-order valence-corrected chi connectivity index (χ4v) is 8.04. The second-order valence-electron chi connectivity index (χ2n) is 14.4. The summed E-state index contributed by atoms with van der Waals surface area (Å²) in [6.45, 7) is 21.0. The van der Waals surface area contributed by atoms with Crippen LogP contribution in [0.1, 0.15) is 190 Å². The van der Waals surface area contributed by atoms with E-state index in [0.717, 1.165) is 35.5 Å². The van der Waals surface area contributed by atoms with E-state index in [1.807, 2.05) is 0 Å². The molecule has 0 bridgehead atoms. The zero-order valence-corrected chi connectivity index (χ0v) is 27.8. The van der Waals surface area contributed by atoms with Gasteiger partial charge in [-0.1, -0.05) is 164 Å². The van der Waals surface area contributed by atoms with Gasteiger partial charge >= 0.3 is 0 Å². The highest BCUT2D eigenvalue weighted by Gasteiger charge is 2.42. The molecule has 4 unspecified atom stereocenters. The molecule has 0 nitrogen and oxygen atoms in total. The van der Waals surface area contributed by atoms with E-state index in [4.69, 9.17) is 0 Å². The van der Waals surface area contributed by atoms with E-state index in [1.165, 1.54) is 141 Å². The third-order valence-electron chi connectivity index (χ3n) is 11.0. The van der Waals surface area contributed by atoms with Gasteiger partial charge in [-0.05, 0) is 73.0 Å². The maximum Gasteiger partial charge on any atom is -0.0289 e. The quantitative estimate of drug-likeness (QED) is 0.0770. The van der Waals surface area contributed by atoms with Crippen molar-refractivity contribution in [2.24, 2.45) is 40.9 Å². The van der Waals surface area contributed by atoms with Crippen LogP contribution >= 0.6 is 0 Å². The molecule has 1 fully saturated rings. The Bertz CT molecular complexity index is 538. The van der Waals surface area contributed by atoms with Crippen LogP contribution in [0.5, 0.6) is 0 Å². The summed E-state index contributed by atoms with van der Waals surface area (Å²) in [6.07, 6.45) is 33.9. The molecule has 1 rings (SSSR count). The summed E-state index contributed by atoms with van der Waals surface area (Å²) in [5.41, 5.74) is 0.680. The molecule has 226 valence electrons. The highest BCUT2D eigenvalue weighted by molar-refractivity contribution is 4.94. The van der Waals surface area contributed by atoms with Crippen molar-refractivity contribution in [2.45, 2.75) is 190 Å². The number of hydrogen-bond donors (Lipinski definition) is 0. The minimum atomic E-state index is 0.680. The Morgan fingerprint density at radius 2 is 1.32 bits per heavy atom. The van der Waals surface area contributed by atoms with E-state index in [1.54, 1.807) is 0 Å². The SMILES string of the molecule is C=CCCC1(CCCCCC(CC)C(CCC)C(CCCC)CCCCC(C)C(C)C)CC(CCCC)C1. The van der Waals surface area contributed by atoms with Crippen LogP contribution < -0.4 is 0 Å². The van der Waals surface area contributed by atoms with Gasteiger partial charge in [-0.25, -0.2) is 0 Å². The number of allylic oxidation sites excluding steroid dienone is 1. The van der Waals surface area contributed by atoms with Crippen molar-refractivity contribution in [1.29, 1.82) is 0 Å². The van der Waals surface area contributed by atoms with Gasteiger partial charge in [0.2, 0.25) is 0 Å². The monoisotopic (exact) mass is 531 g/mol. The summed E-state index contributed by atoms with van der Waals surface area (Å²) in [4.78, 5) is 0. The zero-order valence-electron chi connectivity index (χ0n) is 27.8. The molecule has 0 heteroatoms. The van der Waals surface area contributed by atoms with E-state index in [9.17, 15) is 0 Å². The van der Waals surface area contributed by atoms with Crippen molar-refractivity contribution >= 4 is 0 Å². The molecular weight excluding hydrogens is 456 g/mol. The lowest BCUT2D eigenvalue weighted by atomic mass is 9.56. The molecule has 1 aliphatic carbocycles. The zero-order chi connectivity index (χ0) is 28.2. The van der Waals surface area contributed by atoms with Crippen LogP contribution in [0.25, 0.3) is 0 Å². The molecule has 1 aliphatic rings. The molecule has 38 heavy (non-hydrogen) atoms. The van der Waals surface area contributed by atoms with Gasteiger partial charge < -0.3 is 0 Å². The molecule has 0 aromatic heterocycles. The molecule has 0 heterocycles. The Morgan fingerprint density at radius 1 is 0.684 bits per heavy atom. The number of rotatable bonds is 26. The average molecular weight is 531 g/mol. The van der Waals surface area contributed by atoms with Crippen molar-refractivity contribution in [3.05, 3.63) is 12.7 Å². The van der Waals surface area contributed by atoms with Crippen molar-refractivity contribution < 1.29 is 0 Å². The van der Waals surface area contributed by atoms with Crippen LogP contribution in [0.4, 0.5) is 0 Å². The largest absolute Gasteiger partial charge is 0.103 e. The van der Waals surface area contributed by atoms with Gasteiger partial charge in [0, 0.05) is 0 Å². The lowest BCUT2D eigenvalue weighted by Gasteiger charge is -2.49. The molecule has 4 atom stereocenters. The summed E-state index contributed by atoms with van der Waals surface area (Å²) in [6, 6.07) is 0. The minimum Gasteiger partial charge on any atom is -0.103 e. The van der Waals surface area contributed by atoms with Gasteiger partial charge in [0.25, 0.3) is 0 Å².